The molecule has 22 heavy (non-hydrogen) atoms. The summed E-state index contributed by atoms with van der Waals surface area (Å²) in [5.41, 5.74) is 0. The van der Waals surface area contributed by atoms with Gasteiger partial charge in [-0.3, -0.25) is 0 Å². The van der Waals surface area contributed by atoms with Crippen molar-refractivity contribution in [2.24, 2.45) is 0 Å². The van der Waals surface area contributed by atoms with Gasteiger partial charge in [0.25, 0.3) is 10.0 Å². The molecule has 6 nitrogen and oxygen atoms in total. The number of hydrogen-bond acceptors (Lipinski definition) is 6. The van der Waals surface area contributed by atoms with E-state index in [9.17, 15) is 8.42 Å². The average molecular weight is 404 g/mol. The molecule has 0 spiro atoms. The van der Waals surface area contributed by atoms with Crippen LogP contribution in [0.3, 0.4) is 0 Å². The molecule has 2 aliphatic rings. The van der Waals surface area contributed by atoms with Crippen LogP contribution < -0.4 is 0 Å². The van der Waals surface area contributed by atoms with Crippen LogP contribution in [-0.2, 0) is 10.0 Å². The second kappa shape index (κ2) is 5.40. The van der Waals surface area contributed by atoms with E-state index in [4.69, 9.17) is 4.52 Å². The van der Waals surface area contributed by atoms with E-state index in [1.807, 2.05) is 0 Å². The average Bonchev–Trinajstić information content (AvgIpc) is 2.95. The van der Waals surface area contributed by atoms with Crippen LogP contribution in [0.4, 0.5) is 0 Å². The molecule has 0 aromatic carbocycles. The van der Waals surface area contributed by atoms with Gasteiger partial charge in [-0.1, -0.05) is 5.16 Å². The minimum Gasteiger partial charge on any atom is -0.338 e. The normalized spacial score (nSPS) is 23.2. The molecule has 1 aliphatic heterocycles. The zero-order valence-corrected chi connectivity index (χ0v) is 14.8. The molecule has 2 aromatic heterocycles. The Morgan fingerprint density at radius 2 is 2.14 bits per heavy atom. The van der Waals surface area contributed by atoms with Crippen molar-refractivity contribution < 1.29 is 12.9 Å². The third-order valence-electron chi connectivity index (χ3n) is 4.00. The van der Waals surface area contributed by atoms with E-state index < -0.39 is 10.0 Å². The molecule has 0 N–H and O–H groups in total. The van der Waals surface area contributed by atoms with Gasteiger partial charge in [-0.25, -0.2) is 8.42 Å². The van der Waals surface area contributed by atoms with E-state index in [2.05, 4.69) is 26.1 Å². The lowest BCUT2D eigenvalue weighted by molar-refractivity contribution is 0.289. The molecule has 3 heterocycles. The summed E-state index contributed by atoms with van der Waals surface area (Å²) in [7, 11) is -3.52. The molecule has 4 rings (SSSR count). The summed E-state index contributed by atoms with van der Waals surface area (Å²) in [6.45, 7) is 0.490. The fourth-order valence-electron chi connectivity index (χ4n) is 2.72. The number of hydrogen-bond donors (Lipinski definition) is 0. The third kappa shape index (κ3) is 2.53. The highest BCUT2D eigenvalue weighted by atomic mass is 79.9. The minimum atomic E-state index is -3.52. The van der Waals surface area contributed by atoms with Crippen LogP contribution in [0, 0.1) is 0 Å². The van der Waals surface area contributed by atoms with Crippen molar-refractivity contribution in [2.45, 2.75) is 41.9 Å². The van der Waals surface area contributed by atoms with E-state index in [1.165, 1.54) is 15.6 Å². The van der Waals surface area contributed by atoms with Gasteiger partial charge in [0.05, 0.1) is 3.79 Å². The minimum absolute atomic E-state index is 0.341. The summed E-state index contributed by atoms with van der Waals surface area (Å²) in [6.07, 6.45) is 3.71. The SMILES string of the molecule is O=S(=O)(c1ccc(Br)s1)N1CCCC1c1nc(C2CC2)no1. The van der Waals surface area contributed by atoms with E-state index in [1.54, 1.807) is 12.1 Å². The number of nitrogens with zero attached hydrogens (tertiary/aromatic N) is 3. The van der Waals surface area contributed by atoms with Crippen LogP contribution in [0.5, 0.6) is 0 Å². The number of sulfonamides is 1. The summed E-state index contributed by atoms with van der Waals surface area (Å²) in [6, 6.07) is 3.04. The first-order chi connectivity index (χ1) is 10.6. The first-order valence-electron chi connectivity index (χ1n) is 7.16. The third-order valence-corrected chi connectivity index (χ3v) is 8.00. The lowest BCUT2D eigenvalue weighted by Crippen LogP contribution is -2.30. The molecule has 0 bridgehead atoms. The van der Waals surface area contributed by atoms with E-state index in [0.29, 0.717) is 22.6 Å². The van der Waals surface area contributed by atoms with Crippen LogP contribution >= 0.6 is 27.3 Å². The molecule has 1 saturated carbocycles. The van der Waals surface area contributed by atoms with Gasteiger partial charge in [0, 0.05) is 12.5 Å². The van der Waals surface area contributed by atoms with Gasteiger partial charge in [-0.15, -0.1) is 11.3 Å². The second-order valence-electron chi connectivity index (χ2n) is 5.60. The Morgan fingerprint density at radius 3 is 2.82 bits per heavy atom. The fraction of sp³-hybridized carbons (Fsp3) is 0.538. The first-order valence-corrected chi connectivity index (χ1v) is 10.2. The molecule has 1 atom stereocenters. The summed E-state index contributed by atoms with van der Waals surface area (Å²) in [4.78, 5) is 4.43. The molecule has 0 amide bonds. The highest BCUT2D eigenvalue weighted by Gasteiger charge is 2.40. The summed E-state index contributed by atoms with van der Waals surface area (Å²) >= 11 is 4.53. The van der Waals surface area contributed by atoms with Gasteiger partial charge in [0.15, 0.2) is 5.82 Å². The maximum absolute atomic E-state index is 12.8. The maximum atomic E-state index is 12.8. The molecule has 2 aromatic rings. The van der Waals surface area contributed by atoms with Crippen LogP contribution in [0.15, 0.2) is 24.7 Å². The predicted octanol–water partition coefficient (Wildman–Crippen LogP) is 3.30. The molecule has 1 aliphatic carbocycles. The van der Waals surface area contributed by atoms with Crippen molar-refractivity contribution in [2.75, 3.05) is 6.54 Å². The van der Waals surface area contributed by atoms with Gasteiger partial charge in [-0.2, -0.15) is 9.29 Å². The fourth-order valence-corrected chi connectivity index (χ4v) is 6.51. The predicted molar refractivity (Wildman–Crippen MR) is 84.2 cm³/mol. The second-order valence-corrected chi connectivity index (χ2v) is 10.2. The number of halogens is 1. The Balaban J connectivity index is 1.65. The van der Waals surface area contributed by atoms with Crippen molar-refractivity contribution >= 4 is 37.3 Å². The van der Waals surface area contributed by atoms with Crippen molar-refractivity contribution in [1.82, 2.24) is 14.4 Å². The monoisotopic (exact) mass is 403 g/mol. The number of aromatic nitrogens is 2. The number of thiophene rings is 1. The van der Waals surface area contributed by atoms with Crippen molar-refractivity contribution in [3.8, 4) is 0 Å². The van der Waals surface area contributed by atoms with E-state index in [-0.39, 0.29) is 6.04 Å². The summed E-state index contributed by atoms with van der Waals surface area (Å²) in [5, 5.41) is 4.00. The highest BCUT2D eigenvalue weighted by Crippen LogP contribution is 2.41. The Bertz CT molecular complexity index is 797. The van der Waals surface area contributed by atoms with Gasteiger partial charge in [-0.05, 0) is 53.7 Å². The van der Waals surface area contributed by atoms with Gasteiger partial charge >= 0.3 is 0 Å². The maximum Gasteiger partial charge on any atom is 0.253 e. The molecular formula is C13H14BrN3O3S2. The van der Waals surface area contributed by atoms with Gasteiger partial charge < -0.3 is 4.52 Å². The Morgan fingerprint density at radius 1 is 1.32 bits per heavy atom. The Kier molecular flexibility index (Phi) is 3.63. The van der Waals surface area contributed by atoms with Crippen molar-refractivity contribution in [3.63, 3.8) is 0 Å². The molecule has 118 valence electrons. The topological polar surface area (TPSA) is 76.3 Å². The highest BCUT2D eigenvalue weighted by molar-refractivity contribution is 9.11. The van der Waals surface area contributed by atoms with Crippen molar-refractivity contribution in [3.05, 3.63) is 27.6 Å². The van der Waals surface area contributed by atoms with Crippen molar-refractivity contribution in [1.29, 1.82) is 0 Å². The lowest BCUT2D eigenvalue weighted by Gasteiger charge is -2.20. The summed E-state index contributed by atoms with van der Waals surface area (Å²) < 4.78 is 33.6. The molecule has 0 radical (unpaired) electrons. The molecular weight excluding hydrogens is 390 g/mol. The van der Waals surface area contributed by atoms with Crippen LogP contribution in [0.1, 0.15) is 49.4 Å². The van der Waals surface area contributed by atoms with E-state index >= 15 is 0 Å². The van der Waals surface area contributed by atoms with Crippen LogP contribution in [0.2, 0.25) is 0 Å². The quantitative estimate of drug-likeness (QED) is 0.782. The zero-order chi connectivity index (χ0) is 15.3. The standard InChI is InChI=1S/C13H14BrN3O3S2/c14-10-5-6-11(21-10)22(18,19)17-7-1-2-9(17)13-15-12(16-20-13)8-3-4-8/h5-6,8-9H,1-4,7H2. The summed E-state index contributed by atoms with van der Waals surface area (Å²) in [5.74, 6) is 1.55. The van der Waals surface area contributed by atoms with Crippen LogP contribution in [-0.4, -0.2) is 29.4 Å². The van der Waals surface area contributed by atoms with E-state index in [0.717, 1.165) is 35.3 Å². The van der Waals surface area contributed by atoms with Gasteiger partial charge in [0.1, 0.15) is 10.3 Å². The largest absolute Gasteiger partial charge is 0.338 e. The van der Waals surface area contributed by atoms with Gasteiger partial charge in [0.2, 0.25) is 5.89 Å². The Hall–Kier alpha value is -0.770. The molecule has 1 unspecified atom stereocenters. The molecule has 9 heteroatoms. The molecule has 1 saturated heterocycles. The number of rotatable bonds is 4. The molecule has 2 fully saturated rings. The Labute approximate surface area is 140 Å². The lowest BCUT2D eigenvalue weighted by atomic mass is 10.2. The first kappa shape index (κ1) is 14.8. The zero-order valence-electron chi connectivity index (χ0n) is 11.6. The smallest absolute Gasteiger partial charge is 0.253 e. The van der Waals surface area contributed by atoms with Crippen LogP contribution in [0.25, 0.3) is 0 Å².